The van der Waals surface area contributed by atoms with Crippen LogP contribution in [0, 0.1) is 0 Å². The number of aliphatic hydroxyl groups is 2. The molecule has 17 heavy (non-hydrogen) atoms. The van der Waals surface area contributed by atoms with Gasteiger partial charge in [-0.05, 0) is 24.7 Å². The molecule has 0 fully saturated rings. The van der Waals surface area contributed by atoms with Crippen molar-refractivity contribution in [2.24, 2.45) is 0 Å². The van der Waals surface area contributed by atoms with E-state index >= 15 is 0 Å². The van der Waals surface area contributed by atoms with Crippen molar-refractivity contribution in [3.63, 3.8) is 0 Å². The van der Waals surface area contributed by atoms with Crippen molar-refractivity contribution in [2.45, 2.75) is 12.2 Å². The van der Waals surface area contributed by atoms with Crippen LogP contribution in [0.1, 0.15) is 22.0 Å². The molecule has 1 aromatic carbocycles. The summed E-state index contributed by atoms with van der Waals surface area (Å²) in [6.07, 6.45) is -2.26. The Balaban J connectivity index is 2.99. The number of carboxylic acids is 1. The average molecular weight is 241 g/mol. The van der Waals surface area contributed by atoms with E-state index in [4.69, 9.17) is 5.11 Å². The number of likely N-dealkylation sites (N-methyl/N-ethyl adjacent to an activating group) is 1. The van der Waals surface area contributed by atoms with Crippen molar-refractivity contribution in [2.75, 3.05) is 13.6 Å². The first kappa shape index (κ1) is 13.4. The molecule has 0 saturated carbocycles. The molecule has 94 valence electrons. The lowest BCUT2D eigenvalue weighted by molar-refractivity contribution is 0.0201. The van der Waals surface area contributed by atoms with Crippen molar-refractivity contribution >= 4 is 5.97 Å². The van der Waals surface area contributed by atoms with Crippen molar-refractivity contribution < 1.29 is 25.2 Å². The van der Waals surface area contributed by atoms with E-state index in [1.54, 1.807) is 7.05 Å². The van der Waals surface area contributed by atoms with Crippen molar-refractivity contribution in [1.29, 1.82) is 0 Å². The zero-order valence-corrected chi connectivity index (χ0v) is 9.29. The second-order valence-corrected chi connectivity index (χ2v) is 3.65. The highest BCUT2D eigenvalue weighted by atomic mass is 16.4. The van der Waals surface area contributed by atoms with Gasteiger partial charge in [0.1, 0.15) is 17.4 Å². The Kier molecular flexibility index (Phi) is 4.45. The summed E-state index contributed by atoms with van der Waals surface area (Å²) in [4.78, 5) is 10.8. The third-order valence-electron chi connectivity index (χ3n) is 2.37. The second-order valence-electron chi connectivity index (χ2n) is 3.65. The fourth-order valence-corrected chi connectivity index (χ4v) is 1.45. The number of aromatic hydroxyl groups is 1. The van der Waals surface area contributed by atoms with Gasteiger partial charge >= 0.3 is 5.97 Å². The monoisotopic (exact) mass is 241 g/mol. The molecule has 0 saturated heterocycles. The third-order valence-corrected chi connectivity index (χ3v) is 2.37. The number of hydrogen-bond acceptors (Lipinski definition) is 5. The maximum atomic E-state index is 10.8. The second kappa shape index (κ2) is 5.62. The largest absolute Gasteiger partial charge is 0.507 e. The highest BCUT2D eigenvalue weighted by Gasteiger charge is 2.20. The molecule has 0 aliphatic heterocycles. The van der Waals surface area contributed by atoms with Gasteiger partial charge < -0.3 is 25.7 Å². The van der Waals surface area contributed by atoms with Gasteiger partial charge in [0.15, 0.2) is 0 Å². The van der Waals surface area contributed by atoms with Crippen LogP contribution in [-0.4, -0.2) is 46.1 Å². The molecule has 0 aliphatic rings. The van der Waals surface area contributed by atoms with Crippen molar-refractivity contribution in [3.8, 4) is 5.75 Å². The maximum absolute atomic E-state index is 10.8. The molecule has 0 aliphatic carbocycles. The summed E-state index contributed by atoms with van der Waals surface area (Å²) in [6.45, 7) is 0.171. The van der Waals surface area contributed by atoms with Gasteiger partial charge in [-0.15, -0.1) is 0 Å². The Hall–Kier alpha value is -1.63. The Morgan fingerprint density at radius 3 is 2.59 bits per heavy atom. The fourth-order valence-electron chi connectivity index (χ4n) is 1.45. The van der Waals surface area contributed by atoms with Crippen LogP contribution in [0.25, 0.3) is 0 Å². The Bertz CT molecular complexity index is 407. The van der Waals surface area contributed by atoms with E-state index in [9.17, 15) is 20.1 Å². The van der Waals surface area contributed by atoms with Gasteiger partial charge in [0.2, 0.25) is 0 Å². The van der Waals surface area contributed by atoms with E-state index in [-0.39, 0.29) is 23.4 Å². The summed E-state index contributed by atoms with van der Waals surface area (Å²) in [5, 5.41) is 40.1. The normalized spacial score (nSPS) is 14.3. The van der Waals surface area contributed by atoms with Crippen LogP contribution < -0.4 is 5.32 Å². The summed E-state index contributed by atoms with van der Waals surface area (Å²) in [6, 6.07) is 3.68. The molecule has 1 aromatic rings. The molecule has 2 unspecified atom stereocenters. The molecule has 0 amide bonds. The molecule has 0 radical (unpaired) electrons. The SMILES string of the molecule is CNCC(O)C(O)c1ccc(O)c(C(=O)O)c1. The van der Waals surface area contributed by atoms with Crippen LogP contribution >= 0.6 is 0 Å². The topological polar surface area (TPSA) is 110 Å². The van der Waals surface area contributed by atoms with E-state index in [2.05, 4.69) is 5.32 Å². The first-order chi connectivity index (χ1) is 7.97. The zero-order chi connectivity index (χ0) is 13.0. The third kappa shape index (κ3) is 3.16. The standard InChI is InChI=1S/C11H15NO5/c1-12-5-9(14)10(15)6-2-3-8(13)7(4-6)11(16)17/h2-4,9-10,12-15H,5H2,1H3,(H,16,17). The fraction of sp³-hybridized carbons (Fsp3) is 0.364. The van der Waals surface area contributed by atoms with Crippen LogP contribution in [0.5, 0.6) is 5.75 Å². The molecule has 0 heterocycles. The van der Waals surface area contributed by atoms with Gasteiger partial charge in [-0.3, -0.25) is 0 Å². The smallest absolute Gasteiger partial charge is 0.339 e. The number of hydrogen-bond donors (Lipinski definition) is 5. The quantitative estimate of drug-likeness (QED) is 0.484. The first-order valence-corrected chi connectivity index (χ1v) is 5.04. The predicted octanol–water partition coefficient (Wildman–Crippen LogP) is -0.296. The first-order valence-electron chi connectivity index (χ1n) is 5.04. The number of phenols is 1. The van der Waals surface area contributed by atoms with Gasteiger partial charge in [-0.25, -0.2) is 4.79 Å². The molecular weight excluding hydrogens is 226 g/mol. The number of carbonyl (C=O) groups is 1. The minimum absolute atomic E-state index is 0.171. The average Bonchev–Trinajstić information content (AvgIpc) is 2.28. The number of nitrogens with one attached hydrogen (secondary N) is 1. The Morgan fingerprint density at radius 1 is 1.41 bits per heavy atom. The number of rotatable bonds is 5. The molecule has 6 heteroatoms. The summed E-state index contributed by atoms with van der Waals surface area (Å²) < 4.78 is 0. The van der Waals surface area contributed by atoms with E-state index in [0.717, 1.165) is 6.07 Å². The molecule has 5 N–H and O–H groups in total. The number of benzene rings is 1. The van der Waals surface area contributed by atoms with E-state index in [0.29, 0.717) is 0 Å². The van der Waals surface area contributed by atoms with Crippen LogP contribution in [0.15, 0.2) is 18.2 Å². The summed E-state index contributed by atoms with van der Waals surface area (Å²) in [5.41, 5.74) is -0.0684. The molecule has 0 bridgehead atoms. The van der Waals surface area contributed by atoms with Gasteiger partial charge in [0.05, 0.1) is 6.10 Å². The minimum atomic E-state index is -1.29. The van der Waals surface area contributed by atoms with Gasteiger partial charge in [-0.2, -0.15) is 0 Å². The van der Waals surface area contributed by atoms with Crippen LogP contribution in [0.4, 0.5) is 0 Å². The van der Waals surface area contributed by atoms with Crippen LogP contribution in [0.3, 0.4) is 0 Å². The van der Waals surface area contributed by atoms with Crippen molar-refractivity contribution in [3.05, 3.63) is 29.3 Å². The predicted molar refractivity (Wildman–Crippen MR) is 60.0 cm³/mol. The molecular formula is C11H15NO5. The number of carboxylic acid groups (broad SMARTS) is 1. The Morgan fingerprint density at radius 2 is 2.06 bits per heavy atom. The maximum Gasteiger partial charge on any atom is 0.339 e. The zero-order valence-electron chi connectivity index (χ0n) is 9.29. The molecule has 1 rings (SSSR count). The highest BCUT2D eigenvalue weighted by molar-refractivity contribution is 5.90. The van der Waals surface area contributed by atoms with E-state index in [1.807, 2.05) is 0 Å². The van der Waals surface area contributed by atoms with Crippen LogP contribution in [-0.2, 0) is 0 Å². The lowest BCUT2D eigenvalue weighted by Gasteiger charge is -2.18. The molecule has 6 nitrogen and oxygen atoms in total. The van der Waals surface area contributed by atoms with Crippen LogP contribution in [0.2, 0.25) is 0 Å². The van der Waals surface area contributed by atoms with Gasteiger partial charge in [-0.1, -0.05) is 6.07 Å². The summed E-state index contributed by atoms with van der Waals surface area (Å²) >= 11 is 0. The molecule has 0 aromatic heterocycles. The lowest BCUT2D eigenvalue weighted by atomic mass is 10.0. The Labute approximate surface area is 98.1 Å². The molecule has 0 spiro atoms. The highest BCUT2D eigenvalue weighted by Crippen LogP contribution is 2.24. The number of aliphatic hydroxyl groups excluding tert-OH is 2. The summed E-state index contributed by atoms with van der Waals surface area (Å²) in [7, 11) is 1.62. The van der Waals surface area contributed by atoms with Crippen molar-refractivity contribution in [1.82, 2.24) is 5.32 Å². The van der Waals surface area contributed by atoms with E-state index < -0.39 is 18.2 Å². The minimum Gasteiger partial charge on any atom is -0.507 e. The van der Waals surface area contributed by atoms with Gasteiger partial charge in [0, 0.05) is 6.54 Å². The van der Waals surface area contributed by atoms with Gasteiger partial charge in [0.25, 0.3) is 0 Å². The molecule has 2 atom stereocenters. The lowest BCUT2D eigenvalue weighted by Crippen LogP contribution is -2.29. The summed E-state index contributed by atoms with van der Waals surface area (Å²) in [5.74, 6) is -1.67. The van der Waals surface area contributed by atoms with E-state index in [1.165, 1.54) is 12.1 Å². The number of aromatic carboxylic acids is 1.